The topological polar surface area (TPSA) is 77.8 Å². The van der Waals surface area contributed by atoms with Gasteiger partial charge in [0.1, 0.15) is 21.8 Å². The van der Waals surface area contributed by atoms with Crippen molar-refractivity contribution >= 4 is 72.5 Å². The number of carbonyl (C=O) groups is 2. The number of hydrogen-bond donors (Lipinski definition) is 1. The zero-order valence-corrected chi connectivity index (χ0v) is 19.3. The van der Waals surface area contributed by atoms with E-state index in [1.807, 2.05) is 54.6 Å². The Morgan fingerprint density at radius 2 is 1.73 bits per heavy atom. The molecule has 5 aromatic rings. The van der Waals surface area contributed by atoms with Crippen molar-refractivity contribution in [1.29, 1.82) is 0 Å². The number of thiophene rings is 1. The van der Waals surface area contributed by atoms with Crippen LogP contribution in [0.4, 0.5) is 5.69 Å². The molecule has 0 saturated heterocycles. The van der Waals surface area contributed by atoms with Crippen LogP contribution in [0.1, 0.15) is 16.6 Å². The molecule has 1 amide bonds. The molecule has 0 spiro atoms. The molecule has 0 radical (unpaired) electrons. The summed E-state index contributed by atoms with van der Waals surface area (Å²) in [5.41, 5.74) is 1.76. The molecule has 0 fully saturated rings. The third-order valence-electron chi connectivity index (χ3n) is 5.33. The van der Waals surface area contributed by atoms with E-state index in [0.717, 1.165) is 26.4 Å². The van der Waals surface area contributed by atoms with E-state index in [9.17, 15) is 9.59 Å². The van der Waals surface area contributed by atoms with Gasteiger partial charge in [-0.15, -0.1) is 11.3 Å². The smallest absolute Gasteiger partial charge is 0.350 e. The maximum Gasteiger partial charge on any atom is 0.350 e. The van der Waals surface area contributed by atoms with Crippen molar-refractivity contribution in [2.45, 2.75) is 13.0 Å². The van der Waals surface area contributed by atoms with Crippen molar-refractivity contribution in [2.24, 2.45) is 0 Å². The van der Waals surface area contributed by atoms with Crippen molar-refractivity contribution in [3.8, 4) is 5.75 Å². The first-order valence-corrected chi connectivity index (χ1v) is 11.3. The number of furan rings is 1. The second-order valence-electron chi connectivity index (χ2n) is 7.42. The number of methoxy groups -OCH3 is 1. The molecule has 1 N–H and O–H groups in total. The molecule has 2 heterocycles. The van der Waals surface area contributed by atoms with Crippen molar-refractivity contribution < 1.29 is 23.5 Å². The van der Waals surface area contributed by atoms with Gasteiger partial charge in [0.2, 0.25) is 0 Å². The van der Waals surface area contributed by atoms with E-state index in [2.05, 4.69) is 5.32 Å². The van der Waals surface area contributed by atoms with E-state index in [1.54, 1.807) is 6.07 Å². The van der Waals surface area contributed by atoms with Crippen LogP contribution in [-0.4, -0.2) is 25.1 Å². The predicted octanol–water partition coefficient (Wildman–Crippen LogP) is 6.65. The van der Waals surface area contributed by atoms with Gasteiger partial charge in [-0.2, -0.15) is 0 Å². The minimum Gasteiger partial charge on any atom is -0.495 e. The number of para-hydroxylation sites is 1. The third-order valence-corrected chi connectivity index (χ3v) is 6.99. The average molecular weight is 480 g/mol. The third kappa shape index (κ3) is 3.79. The fraction of sp³-hybridized carbons (Fsp3) is 0.120. The Hall–Kier alpha value is -3.55. The second-order valence-corrected chi connectivity index (χ2v) is 8.86. The van der Waals surface area contributed by atoms with Gasteiger partial charge in [0.05, 0.1) is 17.8 Å². The Bertz CT molecular complexity index is 1540. The van der Waals surface area contributed by atoms with E-state index < -0.39 is 18.0 Å². The molecular weight excluding hydrogens is 462 g/mol. The van der Waals surface area contributed by atoms with E-state index in [0.29, 0.717) is 22.0 Å². The molecule has 6 nitrogen and oxygen atoms in total. The van der Waals surface area contributed by atoms with Gasteiger partial charge in [0.25, 0.3) is 5.91 Å². The number of nitrogens with one attached hydrogen (secondary N) is 1. The lowest BCUT2D eigenvalue weighted by molar-refractivity contribution is -0.123. The van der Waals surface area contributed by atoms with Gasteiger partial charge in [-0.05, 0) is 25.1 Å². The molecule has 0 saturated carbocycles. The number of carbonyl (C=O) groups excluding carboxylic acids is 2. The van der Waals surface area contributed by atoms with Crippen LogP contribution >= 0.6 is 22.9 Å². The summed E-state index contributed by atoms with van der Waals surface area (Å²) in [5, 5.41) is 5.69. The van der Waals surface area contributed by atoms with Gasteiger partial charge in [-0.3, -0.25) is 4.79 Å². The van der Waals surface area contributed by atoms with Crippen LogP contribution in [-0.2, 0) is 9.53 Å². The number of amides is 1. The molecule has 1 atom stereocenters. The van der Waals surface area contributed by atoms with E-state index >= 15 is 0 Å². The van der Waals surface area contributed by atoms with Crippen LogP contribution in [0.2, 0.25) is 5.02 Å². The number of ether oxygens (including phenoxy) is 2. The normalized spacial score (nSPS) is 12.2. The molecule has 0 bridgehead atoms. The summed E-state index contributed by atoms with van der Waals surface area (Å²) < 4.78 is 17.6. The van der Waals surface area contributed by atoms with Crippen LogP contribution in [0.25, 0.3) is 32.0 Å². The highest BCUT2D eigenvalue weighted by atomic mass is 35.5. The molecule has 0 aliphatic carbocycles. The molecule has 8 heteroatoms. The summed E-state index contributed by atoms with van der Waals surface area (Å²) >= 11 is 7.58. The monoisotopic (exact) mass is 479 g/mol. The van der Waals surface area contributed by atoms with Crippen molar-refractivity contribution in [2.75, 3.05) is 12.4 Å². The van der Waals surface area contributed by atoms with E-state index in [-0.39, 0.29) is 4.88 Å². The van der Waals surface area contributed by atoms with Gasteiger partial charge in [-0.25, -0.2) is 4.79 Å². The maximum absolute atomic E-state index is 12.8. The number of esters is 1. The summed E-state index contributed by atoms with van der Waals surface area (Å²) in [5.74, 6) is -0.689. The quantitative estimate of drug-likeness (QED) is 0.286. The lowest BCUT2D eigenvalue weighted by atomic mass is 10.1. The SMILES string of the molecule is COc1cc2c(cc1NC(=O)C(C)OC(=O)c1sc3ccccc3c1Cl)oc1ccccc12. The number of benzene rings is 3. The van der Waals surface area contributed by atoms with E-state index in [4.69, 9.17) is 25.5 Å². The van der Waals surface area contributed by atoms with Crippen LogP contribution in [0, 0.1) is 0 Å². The standard InChI is InChI=1S/C25H18ClNO5S/c1-13(31-25(29)23-22(26)15-8-4-6-10-21(15)33-23)24(28)27-17-12-19-16(11-20(17)30-2)14-7-3-5-9-18(14)32-19/h3-13H,1-2H3,(H,27,28). The summed E-state index contributed by atoms with van der Waals surface area (Å²) in [6.07, 6.45) is -1.06. The molecule has 0 aliphatic heterocycles. The first-order valence-electron chi connectivity index (χ1n) is 10.1. The highest BCUT2D eigenvalue weighted by Gasteiger charge is 2.24. The Morgan fingerprint density at radius 1 is 1.00 bits per heavy atom. The number of rotatable bonds is 5. The highest BCUT2D eigenvalue weighted by Crippen LogP contribution is 2.37. The summed E-state index contributed by atoms with van der Waals surface area (Å²) in [7, 11) is 1.52. The van der Waals surface area contributed by atoms with Crippen LogP contribution in [0.15, 0.2) is 65.1 Å². The molecule has 1 unspecified atom stereocenters. The van der Waals surface area contributed by atoms with Gasteiger partial charge in [0, 0.05) is 26.9 Å². The Kier molecular flexibility index (Phi) is 5.44. The summed E-state index contributed by atoms with van der Waals surface area (Å²) in [6, 6.07) is 18.6. The van der Waals surface area contributed by atoms with Crippen molar-refractivity contribution in [3.63, 3.8) is 0 Å². The fourth-order valence-electron chi connectivity index (χ4n) is 3.67. The molecule has 5 rings (SSSR count). The summed E-state index contributed by atoms with van der Waals surface area (Å²) in [6.45, 7) is 1.50. The molecule has 166 valence electrons. The molecule has 0 aliphatic rings. The molecule has 3 aromatic carbocycles. The fourth-order valence-corrected chi connectivity index (χ4v) is 5.06. The summed E-state index contributed by atoms with van der Waals surface area (Å²) in [4.78, 5) is 25.8. The molecular formula is C25H18ClNO5S. The van der Waals surface area contributed by atoms with Crippen LogP contribution in [0.3, 0.4) is 0 Å². The lowest BCUT2D eigenvalue weighted by Gasteiger charge is -2.15. The van der Waals surface area contributed by atoms with Gasteiger partial charge < -0.3 is 19.2 Å². The minimum absolute atomic E-state index is 0.263. The van der Waals surface area contributed by atoms with Gasteiger partial charge in [0.15, 0.2) is 6.10 Å². The Morgan fingerprint density at radius 3 is 2.48 bits per heavy atom. The highest BCUT2D eigenvalue weighted by molar-refractivity contribution is 7.21. The van der Waals surface area contributed by atoms with Gasteiger partial charge >= 0.3 is 5.97 Å². The number of fused-ring (bicyclic) bond motifs is 4. The maximum atomic E-state index is 12.8. The Labute approximate surface area is 197 Å². The number of hydrogen-bond acceptors (Lipinski definition) is 6. The van der Waals surface area contributed by atoms with Crippen LogP contribution in [0.5, 0.6) is 5.75 Å². The van der Waals surface area contributed by atoms with Gasteiger partial charge in [-0.1, -0.05) is 48.0 Å². The number of anilines is 1. The Balaban J connectivity index is 1.37. The lowest BCUT2D eigenvalue weighted by Crippen LogP contribution is -2.30. The van der Waals surface area contributed by atoms with Crippen LogP contribution < -0.4 is 10.1 Å². The molecule has 2 aromatic heterocycles. The first kappa shape index (κ1) is 21.3. The van der Waals surface area contributed by atoms with Crippen molar-refractivity contribution in [1.82, 2.24) is 0 Å². The zero-order valence-electron chi connectivity index (χ0n) is 17.7. The first-order chi connectivity index (χ1) is 16.0. The average Bonchev–Trinajstić information content (AvgIpc) is 3.35. The van der Waals surface area contributed by atoms with Crippen molar-refractivity contribution in [3.05, 3.63) is 70.6 Å². The number of halogens is 1. The zero-order chi connectivity index (χ0) is 23.1. The van der Waals surface area contributed by atoms with E-state index in [1.165, 1.54) is 25.4 Å². The second kappa shape index (κ2) is 8.42. The largest absolute Gasteiger partial charge is 0.495 e. The predicted molar refractivity (Wildman–Crippen MR) is 131 cm³/mol. The molecule has 33 heavy (non-hydrogen) atoms. The minimum atomic E-state index is -1.06.